The summed E-state index contributed by atoms with van der Waals surface area (Å²) >= 11 is 5.87. The average molecular weight is 409 g/mol. The molecule has 0 heterocycles. The smallest absolute Gasteiger partial charge is 0.251 e. The van der Waals surface area contributed by atoms with Crippen LogP contribution >= 0.6 is 11.6 Å². The van der Waals surface area contributed by atoms with Gasteiger partial charge in [-0.1, -0.05) is 29.3 Å². The molecular formula is C19H21ClN2O4S. The second-order valence-electron chi connectivity index (χ2n) is 6.42. The quantitative estimate of drug-likeness (QED) is 0.795. The Kier molecular flexibility index (Phi) is 6.28. The highest BCUT2D eigenvalue weighted by atomic mass is 35.5. The molecular weight excluding hydrogens is 388 g/mol. The minimum absolute atomic E-state index is 0.0390. The molecule has 0 aliphatic carbocycles. The number of sulfone groups is 1. The molecule has 8 heteroatoms. The number of anilines is 1. The second-order valence-corrected chi connectivity index (χ2v) is 8.81. The van der Waals surface area contributed by atoms with Gasteiger partial charge in [0, 0.05) is 17.5 Å². The number of carbonyl (C=O) groups excluding carboxylic acids is 2. The van der Waals surface area contributed by atoms with Gasteiger partial charge in [-0.25, -0.2) is 8.42 Å². The normalized spacial score (nSPS) is 11.1. The van der Waals surface area contributed by atoms with Gasteiger partial charge in [0.1, 0.15) is 0 Å². The molecule has 0 aliphatic heterocycles. The molecule has 27 heavy (non-hydrogen) atoms. The van der Waals surface area contributed by atoms with Gasteiger partial charge >= 0.3 is 0 Å². The van der Waals surface area contributed by atoms with Gasteiger partial charge in [0.2, 0.25) is 5.91 Å². The zero-order valence-electron chi connectivity index (χ0n) is 15.5. The fourth-order valence-corrected chi connectivity index (χ4v) is 4.05. The highest BCUT2D eigenvalue weighted by Crippen LogP contribution is 2.23. The first-order chi connectivity index (χ1) is 12.5. The molecule has 0 radical (unpaired) electrons. The van der Waals surface area contributed by atoms with E-state index in [1.54, 1.807) is 0 Å². The molecule has 6 nitrogen and oxygen atoms in total. The molecule has 2 aromatic rings. The van der Waals surface area contributed by atoms with Gasteiger partial charge in [0.05, 0.1) is 16.5 Å². The highest BCUT2D eigenvalue weighted by Gasteiger charge is 2.16. The van der Waals surface area contributed by atoms with E-state index in [0.717, 1.165) is 22.9 Å². The Morgan fingerprint density at radius 2 is 1.63 bits per heavy atom. The summed E-state index contributed by atoms with van der Waals surface area (Å²) in [6.07, 6.45) is 1.01. The van der Waals surface area contributed by atoms with E-state index < -0.39 is 15.7 Å². The van der Waals surface area contributed by atoms with E-state index in [-0.39, 0.29) is 27.9 Å². The zero-order chi connectivity index (χ0) is 20.4. The lowest BCUT2D eigenvalue weighted by molar-refractivity contribution is -0.115. The number of hydrogen-bond acceptors (Lipinski definition) is 4. The summed E-state index contributed by atoms with van der Waals surface area (Å²) in [4.78, 5) is 24.3. The maximum absolute atomic E-state index is 12.2. The van der Waals surface area contributed by atoms with Crippen LogP contribution in [0.2, 0.25) is 5.02 Å². The Labute approximate surface area is 163 Å². The van der Waals surface area contributed by atoms with Crippen LogP contribution < -0.4 is 10.6 Å². The summed E-state index contributed by atoms with van der Waals surface area (Å²) in [5, 5.41) is 5.30. The standard InChI is InChI=1S/C19H21ClN2O4S/c1-11-7-12(2)18(13(3)8-11)22-17(23)10-21-19(24)14-5-6-15(20)16(9-14)27(4,25)26/h5-9H,10H2,1-4H3,(H,21,24)(H,22,23). The number of aryl methyl sites for hydroxylation is 3. The van der Waals surface area contributed by atoms with E-state index in [1.165, 1.54) is 18.2 Å². The topological polar surface area (TPSA) is 92.3 Å². The first kappa shape index (κ1) is 20.9. The molecule has 0 saturated carbocycles. The lowest BCUT2D eigenvalue weighted by Gasteiger charge is -2.13. The second kappa shape index (κ2) is 8.10. The number of amides is 2. The van der Waals surface area contributed by atoms with Crippen molar-refractivity contribution in [1.29, 1.82) is 0 Å². The fraction of sp³-hybridized carbons (Fsp3) is 0.263. The van der Waals surface area contributed by atoms with Crippen LogP contribution in [0.15, 0.2) is 35.2 Å². The van der Waals surface area contributed by atoms with Crippen molar-refractivity contribution in [2.24, 2.45) is 0 Å². The third-order valence-electron chi connectivity index (χ3n) is 3.94. The number of carbonyl (C=O) groups is 2. The van der Waals surface area contributed by atoms with Crippen molar-refractivity contribution in [3.63, 3.8) is 0 Å². The maximum atomic E-state index is 12.2. The number of hydrogen-bond donors (Lipinski definition) is 2. The van der Waals surface area contributed by atoms with Crippen molar-refractivity contribution >= 4 is 38.9 Å². The minimum atomic E-state index is -3.57. The Morgan fingerprint density at radius 3 is 2.19 bits per heavy atom. The summed E-state index contributed by atoms with van der Waals surface area (Å²) in [6, 6.07) is 7.85. The van der Waals surface area contributed by atoms with Crippen LogP contribution in [0, 0.1) is 20.8 Å². The monoisotopic (exact) mass is 408 g/mol. The van der Waals surface area contributed by atoms with Crippen LogP contribution in [0.1, 0.15) is 27.0 Å². The third kappa shape index (κ3) is 5.30. The van der Waals surface area contributed by atoms with Gasteiger partial charge in [-0.3, -0.25) is 9.59 Å². The largest absolute Gasteiger partial charge is 0.343 e. The van der Waals surface area contributed by atoms with Gasteiger partial charge < -0.3 is 10.6 Å². The van der Waals surface area contributed by atoms with Crippen LogP contribution in [0.5, 0.6) is 0 Å². The minimum Gasteiger partial charge on any atom is -0.343 e. The molecule has 0 fully saturated rings. The van der Waals surface area contributed by atoms with Gasteiger partial charge in [0.25, 0.3) is 5.91 Å². The van der Waals surface area contributed by atoms with E-state index in [4.69, 9.17) is 11.6 Å². The predicted octanol–water partition coefficient (Wildman–Crippen LogP) is 3.04. The van der Waals surface area contributed by atoms with Gasteiger partial charge in [-0.15, -0.1) is 0 Å². The number of halogens is 1. The SMILES string of the molecule is Cc1cc(C)c(NC(=O)CNC(=O)c2ccc(Cl)c(S(C)(=O)=O)c2)c(C)c1. The van der Waals surface area contributed by atoms with Crippen molar-refractivity contribution in [1.82, 2.24) is 5.32 Å². The summed E-state index contributed by atoms with van der Waals surface area (Å²) in [6.45, 7) is 5.52. The Bertz CT molecular complexity index is 993. The Balaban J connectivity index is 2.07. The summed E-state index contributed by atoms with van der Waals surface area (Å²) in [7, 11) is -3.57. The Hall–Kier alpha value is -2.38. The van der Waals surface area contributed by atoms with Crippen molar-refractivity contribution in [3.05, 3.63) is 57.6 Å². The van der Waals surface area contributed by atoms with Crippen molar-refractivity contribution in [2.45, 2.75) is 25.7 Å². The molecule has 0 atom stereocenters. The van der Waals surface area contributed by atoms with Gasteiger partial charge in [0.15, 0.2) is 9.84 Å². The number of nitrogens with one attached hydrogen (secondary N) is 2. The first-order valence-electron chi connectivity index (χ1n) is 8.14. The van der Waals surface area contributed by atoms with Crippen LogP contribution in [-0.2, 0) is 14.6 Å². The lowest BCUT2D eigenvalue weighted by Crippen LogP contribution is -2.33. The van der Waals surface area contributed by atoms with E-state index in [1.807, 2.05) is 32.9 Å². The fourth-order valence-electron chi connectivity index (χ4n) is 2.75. The third-order valence-corrected chi connectivity index (χ3v) is 5.52. The van der Waals surface area contributed by atoms with Crippen LogP contribution in [0.25, 0.3) is 0 Å². The number of rotatable bonds is 5. The summed E-state index contributed by atoms with van der Waals surface area (Å²) in [5.41, 5.74) is 3.78. The number of benzene rings is 2. The zero-order valence-corrected chi connectivity index (χ0v) is 17.1. The molecule has 2 N–H and O–H groups in total. The van der Waals surface area contributed by atoms with Crippen LogP contribution in [0.3, 0.4) is 0 Å². The molecule has 0 aromatic heterocycles. The maximum Gasteiger partial charge on any atom is 0.251 e. The molecule has 2 aromatic carbocycles. The van der Waals surface area contributed by atoms with E-state index in [9.17, 15) is 18.0 Å². The van der Waals surface area contributed by atoms with E-state index >= 15 is 0 Å². The summed E-state index contributed by atoms with van der Waals surface area (Å²) < 4.78 is 23.4. The van der Waals surface area contributed by atoms with E-state index in [0.29, 0.717) is 5.69 Å². The van der Waals surface area contributed by atoms with Gasteiger partial charge in [-0.05, 0) is 50.1 Å². The van der Waals surface area contributed by atoms with Crippen LogP contribution in [-0.4, -0.2) is 33.0 Å². The molecule has 2 rings (SSSR count). The molecule has 0 spiro atoms. The van der Waals surface area contributed by atoms with E-state index in [2.05, 4.69) is 10.6 Å². The molecule has 144 valence electrons. The molecule has 0 unspecified atom stereocenters. The lowest BCUT2D eigenvalue weighted by atomic mass is 10.1. The van der Waals surface area contributed by atoms with Crippen molar-refractivity contribution < 1.29 is 18.0 Å². The predicted molar refractivity (Wildman–Crippen MR) is 106 cm³/mol. The molecule has 0 saturated heterocycles. The molecule has 0 bridgehead atoms. The van der Waals surface area contributed by atoms with Crippen LogP contribution in [0.4, 0.5) is 5.69 Å². The van der Waals surface area contributed by atoms with Crippen molar-refractivity contribution in [3.8, 4) is 0 Å². The average Bonchev–Trinajstić information content (AvgIpc) is 2.55. The Morgan fingerprint density at radius 1 is 1.04 bits per heavy atom. The first-order valence-corrected chi connectivity index (χ1v) is 10.4. The highest BCUT2D eigenvalue weighted by molar-refractivity contribution is 7.90. The summed E-state index contributed by atoms with van der Waals surface area (Å²) in [5.74, 6) is -0.945. The van der Waals surface area contributed by atoms with Crippen molar-refractivity contribution in [2.75, 3.05) is 18.1 Å². The molecule has 0 aliphatic rings. The van der Waals surface area contributed by atoms with Gasteiger partial charge in [-0.2, -0.15) is 0 Å². The molecule has 2 amide bonds.